The number of para-hydroxylation sites is 1. The molecule has 1 aromatic carbocycles. The fourth-order valence-corrected chi connectivity index (χ4v) is 2.39. The Morgan fingerprint density at radius 1 is 1.40 bits per heavy atom. The van der Waals surface area contributed by atoms with Crippen LogP contribution in [0.5, 0.6) is 0 Å². The molecule has 6 heteroatoms. The van der Waals surface area contributed by atoms with Crippen LogP contribution in [0.15, 0.2) is 24.3 Å². The van der Waals surface area contributed by atoms with E-state index in [-0.39, 0.29) is 18.3 Å². The van der Waals surface area contributed by atoms with Crippen molar-refractivity contribution in [1.29, 1.82) is 0 Å². The molecule has 1 heterocycles. The van der Waals surface area contributed by atoms with E-state index in [1.165, 1.54) is 29.0 Å². The molecule has 2 amide bonds. The zero-order valence-corrected chi connectivity index (χ0v) is 11.3. The SMILES string of the molecule is CN(C(=O)N1CCCC(C(=O)O)C1)c1ccccc1F. The first-order chi connectivity index (χ1) is 9.50. The first kappa shape index (κ1) is 14.3. The minimum absolute atomic E-state index is 0.174. The van der Waals surface area contributed by atoms with Crippen molar-refractivity contribution in [3.05, 3.63) is 30.1 Å². The third-order valence-corrected chi connectivity index (χ3v) is 3.54. The normalized spacial score (nSPS) is 18.7. The molecule has 1 saturated heterocycles. The van der Waals surface area contributed by atoms with E-state index in [4.69, 9.17) is 5.11 Å². The Hall–Kier alpha value is -2.11. The van der Waals surface area contributed by atoms with Crippen molar-refractivity contribution in [3.8, 4) is 0 Å². The number of likely N-dealkylation sites (tertiary alicyclic amines) is 1. The number of piperidine rings is 1. The highest BCUT2D eigenvalue weighted by atomic mass is 19.1. The molecule has 0 saturated carbocycles. The molecule has 108 valence electrons. The van der Waals surface area contributed by atoms with Gasteiger partial charge in [-0.05, 0) is 25.0 Å². The largest absolute Gasteiger partial charge is 0.481 e. The fraction of sp³-hybridized carbons (Fsp3) is 0.429. The van der Waals surface area contributed by atoms with E-state index in [1.54, 1.807) is 12.1 Å². The Kier molecular flexibility index (Phi) is 4.22. The highest BCUT2D eigenvalue weighted by molar-refractivity contribution is 5.92. The van der Waals surface area contributed by atoms with Crippen molar-refractivity contribution in [3.63, 3.8) is 0 Å². The number of carboxylic acids is 1. The van der Waals surface area contributed by atoms with Crippen LogP contribution in [0.25, 0.3) is 0 Å². The molecular weight excluding hydrogens is 263 g/mol. The van der Waals surface area contributed by atoms with Gasteiger partial charge in [0.2, 0.25) is 0 Å². The van der Waals surface area contributed by atoms with E-state index in [1.807, 2.05) is 0 Å². The molecule has 1 aliphatic rings. The van der Waals surface area contributed by atoms with Crippen LogP contribution in [0.2, 0.25) is 0 Å². The third kappa shape index (κ3) is 2.89. The second kappa shape index (κ2) is 5.90. The molecule has 0 aromatic heterocycles. The van der Waals surface area contributed by atoms with Crippen LogP contribution in [0, 0.1) is 11.7 Å². The molecule has 1 N–H and O–H groups in total. The predicted octanol–water partition coefficient (Wildman–Crippen LogP) is 2.18. The van der Waals surface area contributed by atoms with E-state index >= 15 is 0 Å². The molecule has 20 heavy (non-hydrogen) atoms. The molecular formula is C14H17FN2O3. The van der Waals surface area contributed by atoms with Gasteiger partial charge in [-0.1, -0.05) is 12.1 Å². The number of amides is 2. The van der Waals surface area contributed by atoms with Crippen molar-refractivity contribution >= 4 is 17.7 Å². The van der Waals surface area contributed by atoms with E-state index in [0.29, 0.717) is 19.4 Å². The van der Waals surface area contributed by atoms with Gasteiger partial charge in [-0.2, -0.15) is 0 Å². The first-order valence-corrected chi connectivity index (χ1v) is 6.50. The minimum atomic E-state index is -0.893. The second-order valence-electron chi connectivity index (χ2n) is 4.92. The number of urea groups is 1. The highest BCUT2D eigenvalue weighted by Gasteiger charge is 2.30. The summed E-state index contributed by atoms with van der Waals surface area (Å²) in [5.41, 5.74) is 0.190. The van der Waals surface area contributed by atoms with Gasteiger partial charge < -0.3 is 10.0 Å². The number of carbonyl (C=O) groups excluding carboxylic acids is 1. The lowest BCUT2D eigenvalue weighted by molar-refractivity contribution is -0.143. The first-order valence-electron chi connectivity index (χ1n) is 6.50. The van der Waals surface area contributed by atoms with E-state index in [9.17, 15) is 14.0 Å². The Balaban J connectivity index is 2.11. The van der Waals surface area contributed by atoms with Crippen molar-refractivity contribution in [2.75, 3.05) is 25.0 Å². The number of aliphatic carboxylic acids is 1. The molecule has 5 nitrogen and oxygen atoms in total. The van der Waals surface area contributed by atoms with Crippen molar-refractivity contribution in [1.82, 2.24) is 4.90 Å². The summed E-state index contributed by atoms with van der Waals surface area (Å²) in [6.07, 6.45) is 1.22. The molecule has 0 aliphatic carbocycles. The van der Waals surface area contributed by atoms with Crippen LogP contribution in [0.4, 0.5) is 14.9 Å². The summed E-state index contributed by atoms with van der Waals surface area (Å²) < 4.78 is 13.7. The van der Waals surface area contributed by atoms with Crippen LogP contribution in [0.3, 0.4) is 0 Å². The zero-order chi connectivity index (χ0) is 14.7. The van der Waals surface area contributed by atoms with Gasteiger partial charge in [0.25, 0.3) is 0 Å². The van der Waals surface area contributed by atoms with Crippen LogP contribution in [0.1, 0.15) is 12.8 Å². The van der Waals surface area contributed by atoms with E-state index in [0.717, 1.165) is 0 Å². The van der Waals surface area contributed by atoms with Gasteiger partial charge in [0, 0.05) is 20.1 Å². The van der Waals surface area contributed by atoms with E-state index in [2.05, 4.69) is 0 Å². The highest BCUT2D eigenvalue weighted by Crippen LogP contribution is 2.22. The molecule has 1 fully saturated rings. The van der Waals surface area contributed by atoms with Crippen LogP contribution >= 0.6 is 0 Å². The topological polar surface area (TPSA) is 60.9 Å². The summed E-state index contributed by atoms with van der Waals surface area (Å²) in [4.78, 5) is 26.0. The third-order valence-electron chi connectivity index (χ3n) is 3.54. The second-order valence-corrected chi connectivity index (χ2v) is 4.92. The number of rotatable bonds is 2. The number of halogens is 1. The van der Waals surface area contributed by atoms with Crippen LogP contribution in [-0.4, -0.2) is 42.1 Å². The van der Waals surface area contributed by atoms with Crippen molar-refractivity contribution in [2.24, 2.45) is 5.92 Å². The molecule has 0 bridgehead atoms. The Morgan fingerprint density at radius 3 is 2.75 bits per heavy atom. The van der Waals surface area contributed by atoms with Crippen molar-refractivity contribution in [2.45, 2.75) is 12.8 Å². The van der Waals surface area contributed by atoms with E-state index < -0.39 is 17.7 Å². The number of nitrogens with zero attached hydrogens (tertiary/aromatic N) is 2. The lowest BCUT2D eigenvalue weighted by Gasteiger charge is -2.33. The van der Waals surface area contributed by atoms with Crippen LogP contribution < -0.4 is 4.90 Å². The lowest BCUT2D eigenvalue weighted by atomic mass is 9.99. The Labute approximate surface area is 116 Å². The van der Waals surface area contributed by atoms with Gasteiger partial charge in [-0.15, -0.1) is 0 Å². The molecule has 2 rings (SSSR count). The number of benzene rings is 1. The minimum Gasteiger partial charge on any atom is -0.481 e. The monoisotopic (exact) mass is 280 g/mol. The number of hydrogen-bond donors (Lipinski definition) is 1. The molecule has 1 aromatic rings. The molecule has 1 unspecified atom stereocenters. The average Bonchev–Trinajstić information content (AvgIpc) is 2.46. The smallest absolute Gasteiger partial charge is 0.324 e. The maximum atomic E-state index is 13.7. The van der Waals surface area contributed by atoms with Crippen molar-refractivity contribution < 1.29 is 19.1 Å². The van der Waals surface area contributed by atoms with Crippen LogP contribution in [-0.2, 0) is 4.79 Å². The number of carbonyl (C=O) groups is 2. The molecule has 0 spiro atoms. The summed E-state index contributed by atoms with van der Waals surface area (Å²) in [6, 6.07) is 5.64. The van der Waals surface area contributed by atoms with Gasteiger partial charge in [0.1, 0.15) is 5.82 Å². The van der Waals surface area contributed by atoms with Gasteiger partial charge in [-0.3, -0.25) is 9.69 Å². The Morgan fingerprint density at radius 2 is 2.10 bits per heavy atom. The fourth-order valence-electron chi connectivity index (χ4n) is 2.39. The average molecular weight is 280 g/mol. The molecule has 1 atom stereocenters. The maximum absolute atomic E-state index is 13.7. The summed E-state index contributed by atoms with van der Waals surface area (Å²) in [6.45, 7) is 0.675. The number of hydrogen-bond acceptors (Lipinski definition) is 2. The summed E-state index contributed by atoms with van der Waals surface area (Å²) in [5, 5.41) is 9.03. The number of anilines is 1. The zero-order valence-electron chi connectivity index (χ0n) is 11.3. The summed E-state index contributed by atoms with van der Waals surface area (Å²) >= 11 is 0. The van der Waals surface area contributed by atoms with Gasteiger partial charge in [0.05, 0.1) is 11.6 Å². The maximum Gasteiger partial charge on any atom is 0.324 e. The van der Waals surface area contributed by atoms with Gasteiger partial charge >= 0.3 is 12.0 Å². The summed E-state index contributed by atoms with van der Waals surface area (Å²) in [7, 11) is 1.49. The summed E-state index contributed by atoms with van der Waals surface area (Å²) in [5.74, 6) is -1.91. The Bertz CT molecular complexity index is 521. The number of carboxylic acid groups (broad SMARTS) is 1. The predicted molar refractivity (Wildman–Crippen MR) is 72.1 cm³/mol. The quantitative estimate of drug-likeness (QED) is 0.903. The molecule has 1 aliphatic heterocycles. The van der Waals surface area contributed by atoms with Gasteiger partial charge in [-0.25, -0.2) is 9.18 Å². The van der Waals surface area contributed by atoms with Gasteiger partial charge in [0.15, 0.2) is 0 Å². The molecule has 0 radical (unpaired) electrons. The lowest BCUT2D eigenvalue weighted by Crippen LogP contribution is -2.48. The standard InChI is InChI=1S/C14H17FN2O3/c1-16(12-7-3-2-6-11(12)15)14(20)17-8-4-5-10(9-17)13(18)19/h2-3,6-7,10H,4-5,8-9H2,1H3,(H,18,19).